The minimum absolute atomic E-state index is 0.0786. The zero-order valence-corrected chi connectivity index (χ0v) is 12.8. The number of fused-ring (bicyclic) bond motifs is 1. The Bertz CT molecular complexity index is 932. The van der Waals surface area contributed by atoms with Gasteiger partial charge in [-0.2, -0.15) is 5.10 Å². The monoisotopic (exact) mass is 326 g/mol. The molecule has 6 nitrogen and oxygen atoms in total. The number of benzene rings is 2. The molecule has 4 rings (SSSR count). The van der Waals surface area contributed by atoms with Gasteiger partial charge < -0.3 is 14.6 Å². The number of rotatable bonds is 2. The summed E-state index contributed by atoms with van der Waals surface area (Å²) in [6, 6.07) is 12.1. The van der Waals surface area contributed by atoms with Gasteiger partial charge in [-0.15, -0.1) is 5.75 Å². The molecule has 0 radical (unpaired) electrons. The van der Waals surface area contributed by atoms with Crippen LogP contribution in [0.4, 0.5) is 0 Å². The van der Waals surface area contributed by atoms with E-state index in [9.17, 15) is 5.11 Å². The second kappa shape index (κ2) is 5.44. The van der Waals surface area contributed by atoms with Gasteiger partial charge in [-0.1, -0.05) is 24.3 Å². The molecule has 0 amide bonds. The Balaban J connectivity index is 1.87. The topological polar surface area (TPSA) is 75.1 Å². The van der Waals surface area contributed by atoms with Crippen molar-refractivity contribution >= 4 is 12.2 Å². The molecule has 0 atom stereocenters. The zero-order chi connectivity index (χ0) is 15.8. The number of aromatic nitrogens is 3. The largest absolute Gasteiger partial charge is 0.872 e. The molecule has 0 aliphatic carbocycles. The lowest BCUT2D eigenvalue weighted by Gasteiger charge is -2.19. The van der Waals surface area contributed by atoms with Crippen LogP contribution in [0, 0.1) is 4.77 Å². The predicted octanol–water partition coefficient (Wildman–Crippen LogP) is 2.44. The molecule has 2 aromatic carbocycles. The fraction of sp³-hybridized carbons (Fsp3) is 0.125. The van der Waals surface area contributed by atoms with Crippen LogP contribution in [0.15, 0.2) is 42.5 Å². The Morgan fingerprint density at radius 1 is 1.09 bits per heavy atom. The molecule has 116 valence electrons. The van der Waals surface area contributed by atoms with Gasteiger partial charge in [0, 0.05) is 11.6 Å². The van der Waals surface area contributed by atoms with Gasteiger partial charge in [0.1, 0.15) is 13.2 Å². The van der Waals surface area contributed by atoms with Crippen molar-refractivity contribution in [2.75, 3.05) is 13.2 Å². The van der Waals surface area contributed by atoms with E-state index in [-0.39, 0.29) is 5.75 Å². The average Bonchev–Trinajstić information content (AvgIpc) is 2.96. The number of nitrogens with zero attached hydrogens (tertiary/aromatic N) is 2. The fourth-order valence-corrected chi connectivity index (χ4v) is 2.77. The van der Waals surface area contributed by atoms with Gasteiger partial charge in [0.15, 0.2) is 22.1 Å². The van der Waals surface area contributed by atoms with Crippen LogP contribution in [-0.4, -0.2) is 28.0 Å². The molecule has 1 aliphatic heterocycles. The molecule has 0 spiro atoms. The number of hydrogen-bond donors (Lipinski definition) is 1. The molecule has 3 aromatic rings. The average molecular weight is 326 g/mol. The lowest BCUT2D eigenvalue weighted by Crippen LogP contribution is -2.15. The van der Waals surface area contributed by atoms with Gasteiger partial charge in [-0.3, -0.25) is 9.67 Å². The highest BCUT2D eigenvalue weighted by atomic mass is 32.1. The fourth-order valence-electron chi connectivity index (χ4n) is 2.54. The van der Waals surface area contributed by atoms with Crippen LogP contribution in [0.1, 0.15) is 0 Å². The molecule has 0 saturated heterocycles. The summed E-state index contributed by atoms with van der Waals surface area (Å²) >= 11 is 5.34. The molecular weight excluding hydrogens is 314 g/mol. The Hall–Kier alpha value is -2.80. The van der Waals surface area contributed by atoms with Crippen molar-refractivity contribution in [1.29, 1.82) is 0 Å². The molecule has 0 bridgehead atoms. The Morgan fingerprint density at radius 2 is 1.91 bits per heavy atom. The summed E-state index contributed by atoms with van der Waals surface area (Å²) in [6.45, 7) is 1.05. The van der Waals surface area contributed by atoms with Gasteiger partial charge in [-0.05, 0) is 24.4 Å². The molecule has 2 heterocycles. The van der Waals surface area contributed by atoms with Crippen LogP contribution in [0.5, 0.6) is 17.2 Å². The SMILES string of the molecule is [O-]c1cccc(-c2n[nH]c(=S)n2-c2ccc3c(c2)OCCO3)c1. The van der Waals surface area contributed by atoms with Crippen molar-refractivity contribution < 1.29 is 14.6 Å². The third kappa shape index (κ3) is 2.44. The number of nitrogens with one attached hydrogen (secondary N) is 1. The van der Waals surface area contributed by atoms with Crippen molar-refractivity contribution in [3.8, 4) is 34.3 Å². The van der Waals surface area contributed by atoms with Gasteiger partial charge in [-0.25, -0.2) is 0 Å². The first-order valence-electron chi connectivity index (χ1n) is 7.07. The second-order valence-electron chi connectivity index (χ2n) is 5.04. The molecular formula is C16H12N3O3S-. The van der Waals surface area contributed by atoms with Crippen LogP contribution in [0.25, 0.3) is 17.1 Å². The molecule has 1 N–H and O–H groups in total. The maximum Gasteiger partial charge on any atom is 0.200 e. The Labute approximate surface area is 136 Å². The van der Waals surface area contributed by atoms with Crippen LogP contribution in [0.3, 0.4) is 0 Å². The maximum absolute atomic E-state index is 11.6. The van der Waals surface area contributed by atoms with Gasteiger partial charge in [0.05, 0.1) is 5.69 Å². The smallest absolute Gasteiger partial charge is 0.200 e. The van der Waals surface area contributed by atoms with E-state index >= 15 is 0 Å². The third-order valence-corrected chi connectivity index (χ3v) is 3.82. The van der Waals surface area contributed by atoms with E-state index in [1.165, 1.54) is 12.1 Å². The van der Waals surface area contributed by atoms with E-state index in [0.29, 0.717) is 40.9 Å². The van der Waals surface area contributed by atoms with E-state index in [1.54, 1.807) is 10.6 Å². The molecule has 1 aromatic heterocycles. The summed E-state index contributed by atoms with van der Waals surface area (Å²) < 4.78 is 13.3. The van der Waals surface area contributed by atoms with Gasteiger partial charge >= 0.3 is 0 Å². The highest BCUT2D eigenvalue weighted by Crippen LogP contribution is 2.33. The quantitative estimate of drug-likeness (QED) is 0.732. The van der Waals surface area contributed by atoms with Gasteiger partial charge in [0.25, 0.3) is 0 Å². The van der Waals surface area contributed by atoms with Crippen molar-refractivity contribution in [3.63, 3.8) is 0 Å². The van der Waals surface area contributed by atoms with E-state index < -0.39 is 0 Å². The van der Waals surface area contributed by atoms with Crippen molar-refractivity contribution in [2.24, 2.45) is 0 Å². The van der Waals surface area contributed by atoms with Crippen LogP contribution in [0.2, 0.25) is 0 Å². The van der Waals surface area contributed by atoms with E-state index in [2.05, 4.69) is 10.2 Å². The molecule has 1 aliphatic rings. The summed E-state index contributed by atoms with van der Waals surface area (Å²) in [7, 11) is 0. The van der Waals surface area contributed by atoms with E-state index in [4.69, 9.17) is 21.7 Å². The standard InChI is InChI=1S/C16H13N3O3S/c20-12-3-1-2-10(8-12)15-17-18-16(23)19(15)11-4-5-13-14(9-11)22-7-6-21-13/h1-5,8-9,20H,6-7H2,(H,18,23)/p-1. The summed E-state index contributed by atoms with van der Waals surface area (Å²) in [5, 5.41) is 18.6. The lowest BCUT2D eigenvalue weighted by molar-refractivity contribution is -0.268. The molecule has 0 fully saturated rings. The highest BCUT2D eigenvalue weighted by molar-refractivity contribution is 7.71. The molecule has 0 unspecified atom stereocenters. The number of H-pyrrole nitrogens is 1. The number of hydrogen-bond acceptors (Lipinski definition) is 5. The molecule has 23 heavy (non-hydrogen) atoms. The van der Waals surface area contributed by atoms with Crippen LogP contribution < -0.4 is 14.6 Å². The Kier molecular flexibility index (Phi) is 3.27. The first-order valence-corrected chi connectivity index (χ1v) is 7.48. The van der Waals surface area contributed by atoms with Gasteiger partial charge in [0.2, 0.25) is 0 Å². The summed E-state index contributed by atoms with van der Waals surface area (Å²) in [6.07, 6.45) is 0. The zero-order valence-electron chi connectivity index (χ0n) is 12.0. The minimum atomic E-state index is -0.0786. The van der Waals surface area contributed by atoms with Crippen molar-refractivity contribution in [2.45, 2.75) is 0 Å². The van der Waals surface area contributed by atoms with Crippen molar-refractivity contribution in [3.05, 3.63) is 47.2 Å². The minimum Gasteiger partial charge on any atom is -0.872 e. The number of ether oxygens (including phenoxy) is 2. The number of aromatic amines is 1. The maximum atomic E-state index is 11.6. The Morgan fingerprint density at radius 3 is 2.74 bits per heavy atom. The molecule has 7 heteroatoms. The van der Waals surface area contributed by atoms with E-state index in [0.717, 1.165) is 5.69 Å². The highest BCUT2D eigenvalue weighted by Gasteiger charge is 2.15. The van der Waals surface area contributed by atoms with Crippen molar-refractivity contribution in [1.82, 2.24) is 14.8 Å². The normalized spacial score (nSPS) is 13.0. The first-order chi connectivity index (χ1) is 11.2. The summed E-state index contributed by atoms with van der Waals surface area (Å²) in [5.74, 6) is 1.87. The van der Waals surface area contributed by atoms with Crippen LogP contribution in [-0.2, 0) is 0 Å². The predicted molar refractivity (Wildman–Crippen MR) is 84.6 cm³/mol. The van der Waals surface area contributed by atoms with Crippen LogP contribution >= 0.6 is 12.2 Å². The second-order valence-corrected chi connectivity index (χ2v) is 5.43. The third-order valence-electron chi connectivity index (χ3n) is 3.55. The summed E-state index contributed by atoms with van der Waals surface area (Å²) in [5.41, 5.74) is 1.49. The first kappa shape index (κ1) is 13.8. The van der Waals surface area contributed by atoms with E-state index in [1.807, 2.05) is 24.3 Å². The lowest BCUT2D eigenvalue weighted by atomic mass is 10.2. The summed E-state index contributed by atoms with van der Waals surface area (Å²) in [4.78, 5) is 0. The molecule has 0 saturated carbocycles.